The number of nitrogens with one attached hydrogen (secondary N) is 1. The monoisotopic (exact) mass is 277 g/mol. The first kappa shape index (κ1) is 13.1. The molecule has 0 aliphatic heterocycles. The van der Waals surface area contributed by atoms with Crippen LogP contribution in [0.3, 0.4) is 0 Å². The van der Waals surface area contributed by atoms with Gasteiger partial charge in [0, 0.05) is 5.69 Å². The fourth-order valence-corrected chi connectivity index (χ4v) is 2.85. The van der Waals surface area contributed by atoms with Gasteiger partial charge in [-0.1, -0.05) is 30.3 Å². The lowest BCUT2D eigenvalue weighted by molar-refractivity contribution is 0.0692. The van der Waals surface area contributed by atoms with E-state index in [-0.39, 0.29) is 10.5 Å². The smallest absolute Gasteiger partial charge is 0.337 e. The minimum atomic E-state index is -3.92. The highest BCUT2D eigenvalue weighted by molar-refractivity contribution is 7.92. The Morgan fingerprint density at radius 2 is 1.53 bits per heavy atom. The molecule has 0 fully saturated rings. The lowest BCUT2D eigenvalue weighted by Crippen LogP contribution is -2.16. The van der Waals surface area contributed by atoms with E-state index in [1.54, 1.807) is 30.3 Å². The van der Waals surface area contributed by atoms with Crippen LogP contribution < -0.4 is 4.72 Å². The third-order valence-electron chi connectivity index (χ3n) is 2.43. The van der Waals surface area contributed by atoms with Gasteiger partial charge in [-0.2, -0.15) is 0 Å². The Balaban J connectivity index is 2.43. The molecule has 2 N–H and O–H groups in total. The van der Waals surface area contributed by atoms with Gasteiger partial charge < -0.3 is 5.11 Å². The number of hydrogen-bond acceptors (Lipinski definition) is 3. The van der Waals surface area contributed by atoms with E-state index in [0.717, 1.165) is 0 Å². The molecule has 0 aromatic heterocycles. The summed E-state index contributed by atoms with van der Waals surface area (Å²) in [5.74, 6) is -1.28. The fourth-order valence-electron chi connectivity index (χ4n) is 1.59. The summed E-state index contributed by atoms with van der Waals surface area (Å²) in [6, 6.07) is 13.8. The molecule has 5 nitrogen and oxygen atoms in total. The molecule has 0 unspecified atom stereocenters. The Kier molecular flexibility index (Phi) is 3.52. The van der Waals surface area contributed by atoms with E-state index in [1.165, 1.54) is 24.3 Å². The van der Waals surface area contributed by atoms with E-state index < -0.39 is 16.0 Å². The Bertz CT molecular complexity index is 696. The summed E-state index contributed by atoms with van der Waals surface area (Å²) in [5, 5.41) is 9.00. The second-order valence-corrected chi connectivity index (χ2v) is 5.42. The number of anilines is 1. The summed E-state index contributed by atoms with van der Waals surface area (Å²) in [6.07, 6.45) is 0. The van der Waals surface area contributed by atoms with Crippen molar-refractivity contribution in [2.75, 3.05) is 4.72 Å². The molecule has 0 aliphatic carbocycles. The highest BCUT2D eigenvalue weighted by atomic mass is 32.2. The molecular weight excluding hydrogens is 266 g/mol. The Labute approximate surface area is 110 Å². The fraction of sp³-hybridized carbons (Fsp3) is 0. The maximum absolute atomic E-state index is 12.2. The predicted molar refractivity (Wildman–Crippen MR) is 70.7 cm³/mol. The van der Waals surface area contributed by atoms with Crippen molar-refractivity contribution >= 4 is 21.7 Å². The van der Waals surface area contributed by atoms with Crippen LogP contribution in [0.1, 0.15) is 10.4 Å². The maximum Gasteiger partial charge on any atom is 0.337 e. The normalized spacial score (nSPS) is 10.9. The van der Waals surface area contributed by atoms with Crippen molar-refractivity contribution < 1.29 is 18.3 Å². The zero-order valence-corrected chi connectivity index (χ0v) is 10.6. The van der Waals surface area contributed by atoms with Crippen LogP contribution in [0, 0.1) is 0 Å². The number of sulfonamides is 1. The van der Waals surface area contributed by atoms with Gasteiger partial charge in [0.1, 0.15) is 4.90 Å². The first-order chi connectivity index (χ1) is 9.00. The van der Waals surface area contributed by atoms with E-state index in [4.69, 9.17) is 5.11 Å². The zero-order valence-electron chi connectivity index (χ0n) is 9.78. The Hall–Kier alpha value is -2.34. The molecule has 0 heterocycles. The molecule has 0 saturated carbocycles. The summed E-state index contributed by atoms with van der Waals surface area (Å²) in [6.45, 7) is 0. The van der Waals surface area contributed by atoms with Gasteiger partial charge in [-0.25, -0.2) is 13.2 Å². The molecule has 6 heteroatoms. The third-order valence-corrected chi connectivity index (χ3v) is 3.87. The van der Waals surface area contributed by atoms with E-state index >= 15 is 0 Å². The van der Waals surface area contributed by atoms with Crippen molar-refractivity contribution in [3.05, 3.63) is 60.2 Å². The van der Waals surface area contributed by atoms with Crippen molar-refractivity contribution in [3.8, 4) is 0 Å². The Morgan fingerprint density at radius 3 is 2.16 bits per heavy atom. The molecule has 2 aromatic carbocycles. The number of rotatable bonds is 4. The van der Waals surface area contributed by atoms with Crippen LogP contribution in [-0.4, -0.2) is 19.5 Å². The van der Waals surface area contributed by atoms with Gasteiger partial charge in [-0.3, -0.25) is 4.72 Å². The summed E-state index contributed by atoms with van der Waals surface area (Å²) in [5.41, 5.74) is 0.119. The van der Waals surface area contributed by atoms with Crippen molar-refractivity contribution in [1.29, 1.82) is 0 Å². The zero-order chi connectivity index (χ0) is 13.9. The summed E-state index contributed by atoms with van der Waals surface area (Å²) >= 11 is 0. The van der Waals surface area contributed by atoms with E-state index in [2.05, 4.69) is 4.72 Å². The standard InChI is InChI=1S/C13H11NO4S/c15-13(16)11-8-4-5-9-12(11)19(17,18)14-10-6-2-1-3-7-10/h1-9,14H,(H,15,16). The molecule has 2 rings (SSSR count). The van der Waals surface area contributed by atoms with Crippen LogP contribution in [0.2, 0.25) is 0 Å². The van der Waals surface area contributed by atoms with Crippen LogP contribution in [0.15, 0.2) is 59.5 Å². The topological polar surface area (TPSA) is 83.5 Å². The van der Waals surface area contributed by atoms with Crippen LogP contribution >= 0.6 is 0 Å². The van der Waals surface area contributed by atoms with Crippen molar-refractivity contribution in [2.24, 2.45) is 0 Å². The number of carboxylic acids is 1. The SMILES string of the molecule is O=C(O)c1ccccc1S(=O)(=O)Nc1ccccc1. The van der Waals surface area contributed by atoms with Crippen LogP contribution in [-0.2, 0) is 10.0 Å². The van der Waals surface area contributed by atoms with Gasteiger partial charge in [0.25, 0.3) is 10.0 Å². The molecule has 98 valence electrons. The molecule has 0 saturated heterocycles. The Morgan fingerprint density at radius 1 is 0.947 bits per heavy atom. The number of carbonyl (C=O) groups is 1. The molecular formula is C13H11NO4S. The molecule has 0 bridgehead atoms. The van der Waals surface area contributed by atoms with Crippen LogP contribution in [0.4, 0.5) is 5.69 Å². The summed E-state index contributed by atoms with van der Waals surface area (Å²) < 4.78 is 26.6. The van der Waals surface area contributed by atoms with Gasteiger partial charge in [-0.15, -0.1) is 0 Å². The second-order valence-electron chi connectivity index (χ2n) is 3.77. The predicted octanol–water partition coefficient (Wildman–Crippen LogP) is 2.19. The highest BCUT2D eigenvalue weighted by Gasteiger charge is 2.21. The van der Waals surface area contributed by atoms with Gasteiger partial charge in [0.15, 0.2) is 0 Å². The lowest BCUT2D eigenvalue weighted by Gasteiger charge is -2.09. The summed E-state index contributed by atoms with van der Waals surface area (Å²) in [4.78, 5) is 10.8. The minimum Gasteiger partial charge on any atom is -0.478 e. The van der Waals surface area contributed by atoms with Crippen molar-refractivity contribution in [2.45, 2.75) is 4.90 Å². The van der Waals surface area contributed by atoms with E-state index in [1.807, 2.05) is 0 Å². The number of aromatic carboxylic acids is 1. The van der Waals surface area contributed by atoms with Crippen molar-refractivity contribution in [3.63, 3.8) is 0 Å². The van der Waals surface area contributed by atoms with Gasteiger partial charge in [-0.05, 0) is 24.3 Å². The quantitative estimate of drug-likeness (QED) is 0.897. The summed E-state index contributed by atoms with van der Waals surface area (Å²) in [7, 11) is -3.92. The van der Waals surface area contributed by atoms with Crippen molar-refractivity contribution in [1.82, 2.24) is 0 Å². The largest absolute Gasteiger partial charge is 0.478 e. The lowest BCUT2D eigenvalue weighted by atomic mass is 10.2. The highest BCUT2D eigenvalue weighted by Crippen LogP contribution is 2.19. The molecule has 0 atom stereocenters. The van der Waals surface area contributed by atoms with Gasteiger partial charge >= 0.3 is 5.97 Å². The maximum atomic E-state index is 12.2. The third kappa shape index (κ3) is 2.92. The van der Waals surface area contributed by atoms with Crippen LogP contribution in [0.5, 0.6) is 0 Å². The van der Waals surface area contributed by atoms with E-state index in [0.29, 0.717) is 5.69 Å². The van der Waals surface area contributed by atoms with E-state index in [9.17, 15) is 13.2 Å². The second kappa shape index (κ2) is 5.11. The molecule has 0 spiro atoms. The minimum absolute atomic E-state index is 0.258. The number of benzene rings is 2. The first-order valence-corrected chi connectivity index (χ1v) is 6.89. The first-order valence-electron chi connectivity index (χ1n) is 5.41. The molecule has 0 aliphatic rings. The number of carboxylic acid groups (broad SMARTS) is 1. The average Bonchev–Trinajstić information content (AvgIpc) is 2.39. The van der Waals surface area contributed by atoms with Gasteiger partial charge in [0.05, 0.1) is 5.56 Å². The average molecular weight is 277 g/mol. The molecule has 19 heavy (non-hydrogen) atoms. The van der Waals surface area contributed by atoms with Gasteiger partial charge in [0.2, 0.25) is 0 Å². The number of para-hydroxylation sites is 1. The molecule has 0 radical (unpaired) electrons. The molecule has 2 aromatic rings. The number of hydrogen-bond donors (Lipinski definition) is 2. The molecule has 0 amide bonds. The van der Waals surface area contributed by atoms with Crippen LogP contribution in [0.25, 0.3) is 0 Å².